The minimum Gasteiger partial charge on any atom is -0.492 e. The molecule has 0 aromatic heterocycles. The number of rotatable bonds is 11. The molecular formula is C25H42N2O3. The fourth-order valence-corrected chi connectivity index (χ4v) is 4.51. The molecule has 5 nitrogen and oxygen atoms in total. The third kappa shape index (κ3) is 7.59. The molecule has 0 spiro atoms. The Morgan fingerprint density at radius 1 is 1.17 bits per heavy atom. The van der Waals surface area contributed by atoms with Crippen molar-refractivity contribution < 1.29 is 14.3 Å². The molecule has 2 rings (SSSR count). The highest BCUT2D eigenvalue weighted by Crippen LogP contribution is 2.30. The van der Waals surface area contributed by atoms with E-state index in [4.69, 9.17) is 9.47 Å². The van der Waals surface area contributed by atoms with Gasteiger partial charge in [0.25, 0.3) is 5.91 Å². The Morgan fingerprint density at radius 3 is 2.33 bits per heavy atom. The summed E-state index contributed by atoms with van der Waals surface area (Å²) in [6.45, 7) is 14.8. The molecule has 1 heterocycles. The number of nitrogens with zero attached hydrogens (tertiary/aromatic N) is 1. The summed E-state index contributed by atoms with van der Waals surface area (Å²) in [6, 6.07) is 7.66. The van der Waals surface area contributed by atoms with Gasteiger partial charge in [-0.15, -0.1) is 0 Å². The van der Waals surface area contributed by atoms with Gasteiger partial charge in [0.2, 0.25) is 0 Å². The van der Waals surface area contributed by atoms with E-state index in [9.17, 15) is 4.79 Å². The summed E-state index contributed by atoms with van der Waals surface area (Å²) in [5, 5.41) is 3.06. The van der Waals surface area contributed by atoms with Crippen LogP contribution in [0.1, 0.15) is 60.3 Å². The number of likely N-dealkylation sites (tertiary alicyclic amines) is 1. The number of hydrogen-bond donors (Lipinski definition) is 1. The van der Waals surface area contributed by atoms with Crippen LogP contribution in [0.4, 0.5) is 5.69 Å². The fraction of sp³-hybridized carbons (Fsp3) is 0.720. The highest BCUT2D eigenvalue weighted by Gasteiger charge is 2.39. The maximum atomic E-state index is 13.1. The molecule has 0 saturated carbocycles. The number of benzene rings is 1. The summed E-state index contributed by atoms with van der Waals surface area (Å²) in [4.78, 5) is 15.6. The van der Waals surface area contributed by atoms with Gasteiger partial charge < -0.3 is 14.8 Å². The van der Waals surface area contributed by atoms with Gasteiger partial charge in [-0.05, 0) is 74.2 Å². The number of ether oxygens (including phenoxy) is 2. The number of anilines is 1. The SMILES string of the molecule is COC(CC(C)C)(CC(C)C)C(=O)Nc1ccc(OCCN2CCC[C@@H](C)C2)cc1. The van der Waals surface area contributed by atoms with Crippen LogP contribution in [-0.2, 0) is 9.53 Å². The molecule has 1 aromatic rings. The minimum absolute atomic E-state index is 0.0692. The van der Waals surface area contributed by atoms with Crippen molar-refractivity contribution in [1.82, 2.24) is 4.90 Å². The van der Waals surface area contributed by atoms with Crippen LogP contribution in [-0.4, -0.2) is 49.8 Å². The van der Waals surface area contributed by atoms with E-state index < -0.39 is 5.60 Å². The maximum absolute atomic E-state index is 13.1. The Balaban J connectivity index is 1.90. The highest BCUT2D eigenvalue weighted by atomic mass is 16.5. The lowest BCUT2D eigenvalue weighted by molar-refractivity contribution is -0.142. The molecule has 1 amide bonds. The average Bonchev–Trinajstić information content (AvgIpc) is 2.68. The van der Waals surface area contributed by atoms with E-state index in [-0.39, 0.29) is 5.91 Å². The summed E-state index contributed by atoms with van der Waals surface area (Å²) in [5.74, 6) is 2.29. The molecule has 1 aliphatic rings. The van der Waals surface area contributed by atoms with Gasteiger partial charge in [0.15, 0.2) is 0 Å². The Hall–Kier alpha value is -1.59. The lowest BCUT2D eigenvalue weighted by Crippen LogP contribution is -2.46. The molecular weight excluding hydrogens is 376 g/mol. The first kappa shape index (κ1) is 24.7. The quantitative estimate of drug-likeness (QED) is 0.536. The van der Waals surface area contributed by atoms with Gasteiger partial charge in [0, 0.05) is 25.9 Å². The molecule has 1 fully saturated rings. The van der Waals surface area contributed by atoms with E-state index in [1.165, 1.54) is 25.9 Å². The fourth-order valence-electron chi connectivity index (χ4n) is 4.51. The van der Waals surface area contributed by atoms with Gasteiger partial charge in [0.1, 0.15) is 18.0 Å². The van der Waals surface area contributed by atoms with E-state index in [1.807, 2.05) is 24.3 Å². The molecule has 170 valence electrons. The molecule has 0 unspecified atom stereocenters. The predicted molar refractivity (Wildman–Crippen MR) is 124 cm³/mol. The number of hydrogen-bond acceptors (Lipinski definition) is 4. The molecule has 1 atom stereocenters. The second-order valence-corrected chi connectivity index (χ2v) is 9.77. The third-order valence-electron chi connectivity index (χ3n) is 5.81. The maximum Gasteiger partial charge on any atom is 0.256 e. The summed E-state index contributed by atoms with van der Waals surface area (Å²) < 4.78 is 11.7. The van der Waals surface area contributed by atoms with Crippen LogP contribution in [0.5, 0.6) is 5.75 Å². The van der Waals surface area contributed by atoms with Crippen molar-refractivity contribution in [3.63, 3.8) is 0 Å². The van der Waals surface area contributed by atoms with Gasteiger partial charge in [-0.3, -0.25) is 9.69 Å². The van der Waals surface area contributed by atoms with E-state index in [0.717, 1.165) is 23.9 Å². The summed E-state index contributed by atoms with van der Waals surface area (Å²) in [7, 11) is 1.64. The monoisotopic (exact) mass is 418 g/mol. The third-order valence-corrected chi connectivity index (χ3v) is 5.81. The Bertz CT molecular complexity index is 632. The van der Waals surface area contributed by atoms with Crippen molar-refractivity contribution in [3.05, 3.63) is 24.3 Å². The predicted octanol–water partition coefficient (Wildman–Crippen LogP) is 5.21. The van der Waals surface area contributed by atoms with Crippen molar-refractivity contribution in [1.29, 1.82) is 0 Å². The zero-order valence-electron chi connectivity index (χ0n) is 19.9. The largest absolute Gasteiger partial charge is 0.492 e. The van der Waals surface area contributed by atoms with Crippen LogP contribution in [0.2, 0.25) is 0 Å². The van der Waals surface area contributed by atoms with E-state index in [2.05, 4.69) is 44.8 Å². The molecule has 1 saturated heterocycles. The van der Waals surface area contributed by atoms with Crippen molar-refractivity contribution in [2.45, 2.75) is 65.9 Å². The Labute approximate surface area is 183 Å². The summed E-state index contributed by atoms with van der Waals surface area (Å²) in [5.41, 5.74) is -0.0329. The molecule has 5 heteroatoms. The van der Waals surface area contributed by atoms with Crippen LogP contribution >= 0.6 is 0 Å². The molecule has 0 aliphatic carbocycles. The van der Waals surface area contributed by atoms with Crippen LogP contribution in [0.15, 0.2) is 24.3 Å². The Morgan fingerprint density at radius 2 is 1.80 bits per heavy atom. The molecule has 1 aliphatic heterocycles. The second-order valence-electron chi connectivity index (χ2n) is 9.77. The lowest BCUT2D eigenvalue weighted by Gasteiger charge is -2.34. The normalized spacial score (nSPS) is 18.1. The number of amides is 1. The van der Waals surface area contributed by atoms with E-state index in [1.54, 1.807) is 7.11 Å². The zero-order valence-corrected chi connectivity index (χ0v) is 19.9. The van der Waals surface area contributed by atoms with Crippen LogP contribution in [0.3, 0.4) is 0 Å². The van der Waals surface area contributed by atoms with Crippen LogP contribution in [0.25, 0.3) is 0 Å². The first-order chi connectivity index (χ1) is 14.2. The minimum atomic E-state index is -0.802. The molecule has 30 heavy (non-hydrogen) atoms. The standard InChI is InChI=1S/C25H42N2O3/c1-19(2)16-25(29-6,17-20(3)4)24(28)26-22-9-11-23(12-10-22)30-15-14-27-13-7-8-21(5)18-27/h9-12,19-21H,7-8,13-18H2,1-6H3,(H,26,28)/t21-/m1/s1. The first-order valence-electron chi connectivity index (χ1n) is 11.6. The number of carbonyl (C=O) groups is 1. The van der Waals surface area contributed by atoms with Gasteiger partial charge in [-0.1, -0.05) is 34.6 Å². The number of piperidine rings is 1. The van der Waals surface area contributed by atoms with Crippen molar-refractivity contribution >= 4 is 11.6 Å². The smallest absolute Gasteiger partial charge is 0.256 e. The van der Waals surface area contributed by atoms with Crippen molar-refractivity contribution in [3.8, 4) is 5.75 Å². The van der Waals surface area contributed by atoms with Crippen molar-refractivity contribution in [2.24, 2.45) is 17.8 Å². The van der Waals surface area contributed by atoms with E-state index in [0.29, 0.717) is 31.3 Å². The topological polar surface area (TPSA) is 50.8 Å². The number of nitrogens with one attached hydrogen (secondary N) is 1. The summed E-state index contributed by atoms with van der Waals surface area (Å²) in [6.07, 6.45) is 4.02. The Kier molecular flexibility index (Phi) is 9.63. The molecule has 1 aromatic carbocycles. The molecule has 0 radical (unpaired) electrons. The van der Waals surface area contributed by atoms with E-state index >= 15 is 0 Å². The zero-order chi connectivity index (χ0) is 22.1. The van der Waals surface area contributed by atoms with Gasteiger partial charge >= 0.3 is 0 Å². The van der Waals surface area contributed by atoms with Crippen LogP contribution < -0.4 is 10.1 Å². The molecule has 1 N–H and O–H groups in total. The average molecular weight is 419 g/mol. The first-order valence-corrected chi connectivity index (χ1v) is 11.6. The van der Waals surface area contributed by atoms with Crippen molar-refractivity contribution in [2.75, 3.05) is 38.7 Å². The lowest BCUT2D eigenvalue weighted by atomic mass is 9.84. The summed E-state index contributed by atoms with van der Waals surface area (Å²) >= 11 is 0. The van der Waals surface area contributed by atoms with Gasteiger partial charge in [-0.25, -0.2) is 0 Å². The van der Waals surface area contributed by atoms with Gasteiger partial charge in [0.05, 0.1) is 0 Å². The number of carbonyl (C=O) groups excluding carboxylic acids is 1. The second kappa shape index (κ2) is 11.7. The number of methoxy groups -OCH3 is 1. The van der Waals surface area contributed by atoms with Gasteiger partial charge in [-0.2, -0.15) is 0 Å². The molecule has 0 bridgehead atoms. The van der Waals surface area contributed by atoms with Crippen LogP contribution in [0, 0.1) is 17.8 Å². The highest BCUT2D eigenvalue weighted by molar-refractivity contribution is 5.97.